The van der Waals surface area contributed by atoms with Crippen LogP contribution in [0.1, 0.15) is 37.3 Å². The van der Waals surface area contributed by atoms with Crippen molar-refractivity contribution >= 4 is 15.9 Å². The Balaban J connectivity index is 1.76. The number of carbonyl (C=O) groups is 1. The molecule has 2 N–H and O–H groups in total. The lowest BCUT2D eigenvalue weighted by atomic mass is 9.92. The van der Waals surface area contributed by atoms with Crippen molar-refractivity contribution in [2.24, 2.45) is 0 Å². The van der Waals surface area contributed by atoms with E-state index in [1.165, 1.54) is 12.5 Å². The van der Waals surface area contributed by atoms with E-state index in [2.05, 4.69) is 14.8 Å². The Hall–Kier alpha value is -1.65. The maximum Gasteiger partial charge on any atom is 0.411 e. The number of halogens is 3. The van der Waals surface area contributed by atoms with Crippen molar-refractivity contribution in [3.05, 3.63) is 29.3 Å². The third-order valence-corrected chi connectivity index (χ3v) is 5.77. The summed E-state index contributed by atoms with van der Waals surface area (Å²) in [5.74, 6) is -0.476. The van der Waals surface area contributed by atoms with Gasteiger partial charge >= 0.3 is 6.18 Å². The van der Waals surface area contributed by atoms with Crippen LogP contribution in [0.4, 0.5) is 13.2 Å². The van der Waals surface area contributed by atoms with Gasteiger partial charge in [0, 0.05) is 19.0 Å². The first-order valence-electron chi connectivity index (χ1n) is 9.12. The predicted octanol–water partition coefficient (Wildman–Crippen LogP) is 2.32. The van der Waals surface area contributed by atoms with Crippen LogP contribution in [0.3, 0.4) is 0 Å². The van der Waals surface area contributed by atoms with Crippen LogP contribution in [-0.2, 0) is 32.4 Å². The first-order valence-corrected chi connectivity index (χ1v) is 10.6. The van der Waals surface area contributed by atoms with E-state index < -0.39 is 34.8 Å². The summed E-state index contributed by atoms with van der Waals surface area (Å²) in [5, 5.41) is 2.47. The smallest absolute Gasteiger partial charge is 0.370 e. The molecule has 0 saturated heterocycles. The lowest BCUT2D eigenvalue weighted by Gasteiger charge is -2.17. The highest BCUT2D eigenvalue weighted by molar-refractivity contribution is 7.89. The third-order valence-electron chi connectivity index (χ3n) is 4.32. The largest absolute Gasteiger partial charge is 0.411 e. The van der Waals surface area contributed by atoms with Crippen LogP contribution in [0.2, 0.25) is 0 Å². The van der Waals surface area contributed by atoms with Crippen LogP contribution in [0.15, 0.2) is 23.1 Å². The molecule has 0 radical (unpaired) electrons. The SMILES string of the molecule is CC(COCC(F)(F)F)NC(=O)CCNS(=O)(=O)c1ccc2c(c1)CCCC2. The van der Waals surface area contributed by atoms with Crippen LogP contribution in [-0.4, -0.2) is 46.3 Å². The average molecular weight is 422 g/mol. The average Bonchev–Trinajstić information content (AvgIpc) is 2.60. The zero-order valence-corrected chi connectivity index (χ0v) is 16.5. The molecule has 10 heteroatoms. The molecule has 0 aliphatic heterocycles. The second-order valence-electron chi connectivity index (χ2n) is 6.88. The lowest BCUT2D eigenvalue weighted by Crippen LogP contribution is -2.38. The van der Waals surface area contributed by atoms with Crippen LogP contribution < -0.4 is 10.0 Å². The molecule has 28 heavy (non-hydrogen) atoms. The maximum atomic E-state index is 12.4. The number of carbonyl (C=O) groups excluding carboxylic acids is 1. The minimum Gasteiger partial charge on any atom is -0.370 e. The van der Waals surface area contributed by atoms with Crippen LogP contribution in [0, 0.1) is 0 Å². The molecule has 158 valence electrons. The molecule has 1 aliphatic rings. The van der Waals surface area contributed by atoms with Gasteiger partial charge in [0.05, 0.1) is 11.5 Å². The minimum atomic E-state index is -4.42. The molecule has 0 bridgehead atoms. The predicted molar refractivity (Wildman–Crippen MR) is 97.4 cm³/mol. The summed E-state index contributed by atoms with van der Waals surface area (Å²) in [7, 11) is -3.73. The summed E-state index contributed by atoms with van der Waals surface area (Å²) in [6, 6.07) is 4.45. The van der Waals surface area contributed by atoms with Gasteiger partial charge in [0.15, 0.2) is 0 Å². The van der Waals surface area contributed by atoms with Gasteiger partial charge in [-0.3, -0.25) is 4.79 Å². The van der Waals surface area contributed by atoms with Gasteiger partial charge in [-0.15, -0.1) is 0 Å². The Kier molecular flexibility index (Phi) is 7.85. The summed E-state index contributed by atoms with van der Waals surface area (Å²) in [4.78, 5) is 12.0. The second kappa shape index (κ2) is 9.71. The molecule has 2 rings (SSSR count). The Morgan fingerprint density at radius 3 is 2.57 bits per heavy atom. The number of nitrogens with one attached hydrogen (secondary N) is 2. The summed E-state index contributed by atoms with van der Waals surface area (Å²) < 4.78 is 67.6. The Morgan fingerprint density at radius 1 is 1.21 bits per heavy atom. The molecule has 1 aliphatic carbocycles. The van der Waals surface area contributed by atoms with Gasteiger partial charge in [0.2, 0.25) is 15.9 Å². The van der Waals surface area contributed by atoms with Gasteiger partial charge in [0.1, 0.15) is 6.61 Å². The van der Waals surface area contributed by atoms with Crippen LogP contribution in [0.5, 0.6) is 0 Å². The van der Waals surface area contributed by atoms with E-state index in [1.807, 2.05) is 6.07 Å². The maximum absolute atomic E-state index is 12.4. The number of hydrogen-bond acceptors (Lipinski definition) is 4. The van der Waals surface area contributed by atoms with Gasteiger partial charge < -0.3 is 10.1 Å². The highest BCUT2D eigenvalue weighted by Crippen LogP contribution is 2.24. The molecular formula is C18H25F3N2O4S. The van der Waals surface area contributed by atoms with Crippen molar-refractivity contribution in [3.63, 3.8) is 0 Å². The van der Waals surface area contributed by atoms with Gasteiger partial charge in [0.25, 0.3) is 0 Å². The molecule has 1 aromatic carbocycles. The van der Waals surface area contributed by atoms with E-state index in [1.54, 1.807) is 12.1 Å². The van der Waals surface area contributed by atoms with E-state index in [4.69, 9.17) is 0 Å². The molecule has 1 unspecified atom stereocenters. The monoisotopic (exact) mass is 422 g/mol. The van der Waals surface area contributed by atoms with Crippen LogP contribution in [0.25, 0.3) is 0 Å². The number of hydrogen-bond donors (Lipinski definition) is 2. The number of sulfonamides is 1. The summed E-state index contributed by atoms with van der Waals surface area (Å²) >= 11 is 0. The molecule has 1 atom stereocenters. The molecule has 0 heterocycles. The Bertz CT molecular complexity index is 782. The quantitative estimate of drug-likeness (QED) is 0.640. The van der Waals surface area contributed by atoms with E-state index in [9.17, 15) is 26.4 Å². The first-order chi connectivity index (χ1) is 13.1. The third kappa shape index (κ3) is 7.40. The lowest BCUT2D eigenvalue weighted by molar-refractivity contribution is -0.175. The van der Waals surface area contributed by atoms with E-state index in [0.717, 1.165) is 31.2 Å². The summed E-state index contributed by atoms with van der Waals surface area (Å²) in [6.07, 6.45) is -0.600. The summed E-state index contributed by atoms with van der Waals surface area (Å²) in [6.45, 7) is -0.271. The van der Waals surface area contributed by atoms with Crippen molar-refractivity contribution in [2.45, 2.75) is 56.1 Å². The standard InChI is InChI=1S/C18H25F3N2O4S/c1-13(11-27-12-18(19,20)21)23-17(24)8-9-22-28(25,26)16-7-6-14-4-2-3-5-15(14)10-16/h6-7,10,13,22H,2-5,8-9,11-12H2,1H3,(H,23,24). The molecule has 0 fully saturated rings. The molecule has 0 aromatic heterocycles. The zero-order valence-electron chi connectivity index (χ0n) is 15.6. The number of alkyl halides is 3. The number of rotatable bonds is 9. The fourth-order valence-electron chi connectivity index (χ4n) is 3.00. The van der Waals surface area contributed by atoms with Crippen molar-refractivity contribution in [1.82, 2.24) is 10.0 Å². The van der Waals surface area contributed by atoms with Crippen molar-refractivity contribution in [1.29, 1.82) is 0 Å². The number of ether oxygens (including phenoxy) is 1. The Labute approximate surface area is 162 Å². The van der Waals surface area contributed by atoms with Gasteiger partial charge in [-0.25, -0.2) is 13.1 Å². The normalized spacial score (nSPS) is 15.7. The van der Waals surface area contributed by atoms with Crippen molar-refractivity contribution in [2.75, 3.05) is 19.8 Å². The molecule has 1 aromatic rings. The van der Waals surface area contributed by atoms with Crippen molar-refractivity contribution in [3.8, 4) is 0 Å². The van der Waals surface area contributed by atoms with E-state index in [0.29, 0.717) is 0 Å². The highest BCUT2D eigenvalue weighted by atomic mass is 32.2. The molecule has 1 amide bonds. The van der Waals surface area contributed by atoms with Crippen molar-refractivity contribution < 1.29 is 31.1 Å². The van der Waals surface area contributed by atoms with E-state index >= 15 is 0 Å². The van der Waals surface area contributed by atoms with Gasteiger partial charge in [-0.1, -0.05) is 6.07 Å². The fraction of sp³-hybridized carbons (Fsp3) is 0.611. The second-order valence-corrected chi connectivity index (χ2v) is 8.65. The molecule has 6 nitrogen and oxygen atoms in total. The highest BCUT2D eigenvalue weighted by Gasteiger charge is 2.27. The van der Waals surface area contributed by atoms with Gasteiger partial charge in [-0.05, 0) is 55.9 Å². The molecule has 0 spiro atoms. The first kappa shape index (κ1) is 22.6. The number of amides is 1. The topological polar surface area (TPSA) is 84.5 Å². The van der Waals surface area contributed by atoms with Gasteiger partial charge in [-0.2, -0.15) is 13.2 Å². The fourth-order valence-corrected chi connectivity index (χ4v) is 4.08. The van der Waals surface area contributed by atoms with Crippen LogP contribution >= 0.6 is 0 Å². The zero-order chi connectivity index (χ0) is 20.8. The number of aryl methyl sites for hydroxylation is 2. The minimum absolute atomic E-state index is 0.110. The number of fused-ring (bicyclic) bond motifs is 1. The molecule has 0 saturated carbocycles. The molecular weight excluding hydrogens is 397 g/mol. The number of benzene rings is 1. The Morgan fingerprint density at radius 2 is 1.89 bits per heavy atom. The van der Waals surface area contributed by atoms with E-state index in [-0.39, 0.29) is 24.5 Å². The summed E-state index contributed by atoms with van der Waals surface area (Å²) in [5.41, 5.74) is 2.21.